The van der Waals surface area contributed by atoms with Crippen LogP contribution in [0.3, 0.4) is 0 Å². The second-order valence-electron chi connectivity index (χ2n) is 5.79. The third-order valence-electron chi connectivity index (χ3n) is 4.46. The number of rotatable bonds is 2. The highest BCUT2D eigenvalue weighted by Gasteiger charge is 2.44. The van der Waals surface area contributed by atoms with Crippen molar-refractivity contribution in [1.82, 2.24) is 0 Å². The molecular formula is C15H22N2O. The summed E-state index contributed by atoms with van der Waals surface area (Å²) in [6, 6.07) is 6.57. The van der Waals surface area contributed by atoms with Crippen molar-refractivity contribution < 1.29 is 4.74 Å². The fraction of sp³-hybridized carbons (Fsp3) is 0.600. The molecule has 1 aromatic rings. The largest absolute Gasteiger partial charge is 0.381 e. The Balaban J connectivity index is 1.74. The molecule has 1 aromatic carbocycles. The highest BCUT2D eigenvalue weighted by atomic mass is 16.5. The summed E-state index contributed by atoms with van der Waals surface area (Å²) < 4.78 is 5.47. The zero-order valence-electron chi connectivity index (χ0n) is 11.1. The quantitative estimate of drug-likeness (QED) is 0.868. The van der Waals surface area contributed by atoms with E-state index in [0.717, 1.165) is 13.2 Å². The standard InChI is InChI=1S/C15H22N2O/c1-12-2-3-13(9-16)8-14(12)17-10-15(11-17)4-6-18-7-5-15/h2-3,8H,4-7,9-11,16H2,1H3. The maximum atomic E-state index is 5.73. The summed E-state index contributed by atoms with van der Waals surface area (Å²) in [4.78, 5) is 2.50. The maximum absolute atomic E-state index is 5.73. The van der Waals surface area contributed by atoms with Crippen molar-refractivity contribution in [3.05, 3.63) is 29.3 Å². The molecule has 2 aliphatic heterocycles. The Morgan fingerprint density at radius 1 is 1.28 bits per heavy atom. The molecule has 0 amide bonds. The summed E-state index contributed by atoms with van der Waals surface area (Å²) in [5.74, 6) is 0. The Hall–Kier alpha value is -1.06. The van der Waals surface area contributed by atoms with E-state index in [1.807, 2.05) is 0 Å². The van der Waals surface area contributed by atoms with Crippen LogP contribution in [-0.2, 0) is 11.3 Å². The van der Waals surface area contributed by atoms with Gasteiger partial charge in [-0.25, -0.2) is 0 Å². The molecule has 98 valence electrons. The lowest BCUT2D eigenvalue weighted by atomic mass is 9.73. The second kappa shape index (κ2) is 4.56. The van der Waals surface area contributed by atoms with E-state index in [4.69, 9.17) is 10.5 Å². The van der Waals surface area contributed by atoms with E-state index in [9.17, 15) is 0 Å². The molecule has 0 atom stereocenters. The minimum absolute atomic E-state index is 0.531. The van der Waals surface area contributed by atoms with E-state index in [0.29, 0.717) is 12.0 Å². The Kier molecular flexibility index (Phi) is 3.04. The average Bonchev–Trinajstić information content (AvgIpc) is 2.38. The molecule has 0 radical (unpaired) electrons. The summed E-state index contributed by atoms with van der Waals surface area (Å²) >= 11 is 0. The first-order valence-corrected chi connectivity index (χ1v) is 6.85. The molecule has 0 saturated carbocycles. The summed E-state index contributed by atoms with van der Waals surface area (Å²) in [6.07, 6.45) is 2.44. The molecule has 1 spiro atoms. The summed E-state index contributed by atoms with van der Waals surface area (Å²) in [5.41, 5.74) is 10.2. The Bertz CT molecular complexity index is 430. The van der Waals surface area contributed by atoms with Gasteiger partial charge in [-0.15, -0.1) is 0 Å². The van der Waals surface area contributed by atoms with Gasteiger partial charge in [0.05, 0.1) is 0 Å². The van der Waals surface area contributed by atoms with Gasteiger partial charge in [-0.05, 0) is 37.0 Å². The van der Waals surface area contributed by atoms with Crippen LogP contribution in [0.1, 0.15) is 24.0 Å². The monoisotopic (exact) mass is 246 g/mol. The van der Waals surface area contributed by atoms with Crippen LogP contribution >= 0.6 is 0 Å². The van der Waals surface area contributed by atoms with Crippen LogP contribution in [0.4, 0.5) is 5.69 Å². The lowest BCUT2D eigenvalue weighted by Crippen LogP contribution is -2.58. The van der Waals surface area contributed by atoms with Gasteiger partial charge >= 0.3 is 0 Å². The molecule has 0 aliphatic carbocycles. The molecule has 0 aromatic heterocycles. The highest BCUT2D eigenvalue weighted by Crippen LogP contribution is 2.42. The van der Waals surface area contributed by atoms with Gasteiger partial charge in [0.1, 0.15) is 0 Å². The zero-order valence-corrected chi connectivity index (χ0v) is 11.1. The number of nitrogens with zero attached hydrogens (tertiary/aromatic N) is 1. The van der Waals surface area contributed by atoms with E-state index in [1.54, 1.807) is 0 Å². The van der Waals surface area contributed by atoms with Crippen molar-refractivity contribution in [1.29, 1.82) is 0 Å². The number of hydrogen-bond acceptors (Lipinski definition) is 3. The van der Waals surface area contributed by atoms with E-state index in [2.05, 4.69) is 30.0 Å². The molecule has 2 heterocycles. The van der Waals surface area contributed by atoms with Crippen molar-refractivity contribution in [2.75, 3.05) is 31.2 Å². The van der Waals surface area contributed by atoms with E-state index >= 15 is 0 Å². The third kappa shape index (κ3) is 2.02. The fourth-order valence-electron chi connectivity index (χ4n) is 3.18. The Labute approximate surface area is 109 Å². The molecule has 3 nitrogen and oxygen atoms in total. The van der Waals surface area contributed by atoms with Gasteiger partial charge in [0.2, 0.25) is 0 Å². The molecule has 2 fully saturated rings. The molecule has 18 heavy (non-hydrogen) atoms. The zero-order chi connectivity index (χ0) is 12.6. The van der Waals surface area contributed by atoms with Crippen LogP contribution < -0.4 is 10.6 Å². The van der Waals surface area contributed by atoms with Gasteiger partial charge in [-0.3, -0.25) is 0 Å². The van der Waals surface area contributed by atoms with Gasteiger partial charge in [-0.1, -0.05) is 12.1 Å². The first-order chi connectivity index (χ1) is 8.72. The van der Waals surface area contributed by atoms with E-state index < -0.39 is 0 Å². The number of benzene rings is 1. The number of hydrogen-bond donors (Lipinski definition) is 1. The van der Waals surface area contributed by atoms with Crippen LogP contribution in [0, 0.1) is 12.3 Å². The van der Waals surface area contributed by atoms with Crippen molar-refractivity contribution >= 4 is 5.69 Å². The van der Waals surface area contributed by atoms with Gasteiger partial charge in [0.15, 0.2) is 0 Å². The van der Waals surface area contributed by atoms with Gasteiger partial charge in [0, 0.05) is 44.0 Å². The summed E-state index contributed by atoms with van der Waals surface area (Å²) in [6.45, 7) is 7.06. The van der Waals surface area contributed by atoms with Gasteiger partial charge < -0.3 is 15.4 Å². The number of nitrogens with two attached hydrogens (primary N) is 1. The summed E-state index contributed by atoms with van der Waals surface area (Å²) in [7, 11) is 0. The third-order valence-corrected chi connectivity index (χ3v) is 4.46. The Morgan fingerprint density at radius 3 is 2.67 bits per heavy atom. The second-order valence-corrected chi connectivity index (χ2v) is 5.79. The molecule has 3 rings (SSSR count). The highest BCUT2D eigenvalue weighted by molar-refractivity contribution is 5.57. The van der Waals surface area contributed by atoms with E-state index in [-0.39, 0.29) is 0 Å². The fourth-order valence-corrected chi connectivity index (χ4v) is 3.18. The van der Waals surface area contributed by atoms with Gasteiger partial charge in [0.25, 0.3) is 0 Å². The van der Waals surface area contributed by atoms with Crippen molar-refractivity contribution in [3.63, 3.8) is 0 Å². The molecule has 2 aliphatic rings. The molecule has 3 heteroatoms. The van der Waals surface area contributed by atoms with Crippen LogP contribution in [-0.4, -0.2) is 26.3 Å². The van der Waals surface area contributed by atoms with Crippen LogP contribution in [0.15, 0.2) is 18.2 Å². The number of anilines is 1. The molecule has 0 bridgehead atoms. The summed E-state index contributed by atoms with van der Waals surface area (Å²) in [5, 5.41) is 0. The van der Waals surface area contributed by atoms with Crippen molar-refractivity contribution in [2.45, 2.75) is 26.3 Å². The van der Waals surface area contributed by atoms with Crippen molar-refractivity contribution in [2.24, 2.45) is 11.1 Å². The molecule has 2 saturated heterocycles. The molecule has 0 unspecified atom stereocenters. The lowest BCUT2D eigenvalue weighted by molar-refractivity contribution is -0.000228. The van der Waals surface area contributed by atoms with Crippen LogP contribution in [0.2, 0.25) is 0 Å². The topological polar surface area (TPSA) is 38.5 Å². The minimum atomic E-state index is 0.531. The predicted molar refractivity (Wildman–Crippen MR) is 73.8 cm³/mol. The van der Waals surface area contributed by atoms with Gasteiger partial charge in [-0.2, -0.15) is 0 Å². The lowest BCUT2D eigenvalue weighted by Gasteiger charge is -2.53. The predicted octanol–water partition coefficient (Wildman–Crippen LogP) is 2.07. The average molecular weight is 246 g/mol. The molecular weight excluding hydrogens is 224 g/mol. The molecule has 2 N–H and O–H groups in total. The smallest absolute Gasteiger partial charge is 0.0472 e. The van der Waals surface area contributed by atoms with Crippen molar-refractivity contribution in [3.8, 4) is 0 Å². The van der Waals surface area contributed by atoms with E-state index in [1.165, 1.54) is 42.7 Å². The first kappa shape index (κ1) is 12.0. The number of aryl methyl sites for hydroxylation is 1. The van der Waals surface area contributed by atoms with Crippen LogP contribution in [0.5, 0.6) is 0 Å². The minimum Gasteiger partial charge on any atom is -0.381 e. The first-order valence-electron chi connectivity index (χ1n) is 6.85. The maximum Gasteiger partial charge on any atom is 0.0472 e. The normalized spacial score (nSPS) is 22.0. The SMILES string of the molecule is Cc1ccc(CN)cc1N1CC2(CCOCC2)C1. The van der Waals surface area contributed by atoms with Crippen LogP contribution in [0.25, 0.3) is 0 Å². The number of ether oxygens (including phenoxy) is 1. The Morgan fingerprint density at radius 2 is 2.00 bits per heavy atom.